The van der Waals surface area contributed by atoms with Gasteiger partial charge in [-0.05, 0) is 49.5 Å². The van der Waals surface area contributed by atoms with Gasteiger partial charge in [0.25, 0.3) is 5.91 Å². The summed E-state index contributed by atoms with van der Waals surface area (Å²) in [6.45, 7) is 5.00. The SMILES string of the molecule is Cn1ccc(C(=O)N2CCC3(CCOCC3COCC3CC3)CC2)n1. The van der Waals surface area contributed by atoms with Crippen LogP contribution in [0.1, 0.15) is 42.6 Å². The number of rotatable bonds is 5. The predicted molar refractivity (Wildman–Crippen MR) is 93.2 cm³/mol. The monoisotopic (exact) mass is 347 g/mol. The number of hydrogen-bond acceptors (Lipinski definition) is 4. The fourth-order valence-electron chi connectivity index (χ4n) is 4.27. The first kappa shape index (κ1) is 17.0. The summed E-state index contributed by atoms with van der Waals surface area (Å²) in [4.78, 5) is 14.6. The highest BCUT2D eigenvalue weighted by Crippen LogP contribution is 2.45. The molecule has 1 aliphatic carbocycles. The van der Waals surface area contributed by atoms with E-state index in [1.807, 2.05) is 18.1 Å². The summed E-state index contributed by atoms with van der Waals surface area (Å²) < 4.78 is 13.4. The maximum Gasteiger partial charge on any atom is 0.274 e. The molecule has 1 aromatic heterocycles. The molecule has 1 aromatic rings. The quantitative estimate of drug-likeness (QED) is 0.819. The first-order valence-corrected chi connectivity index (χ1v) is 9.61. The lowest BCUT2D eigenvalue weighted by molar-refractivity contribution is -0.0976. The maximum atomic E-state index is 12.6. The summed E-state index contributed by atoms with van der Waals surface area (Å²) in [5.74, 6) is 1.33. The third kappa shape index (κ3) is 3.75. The minimum atomic E-state index is 0.0593. The van der Waals surface area contributed by atoms with E-state index in [0.717, 1.165) is 64.7 Å². The highest BCUT2D eigenvalue weighted by molar-refractivity contribution is 5.92. The predicted octanol–water partition coefficient (Wildman–Crippen LogP) is 2.11. The number of carbonyl (C=O) groups excluding carboxylic acids is 1. The van der Waals surface area contributed by atoms with E-state index in [1.165, 1.54) is 12.8 Å². The van der Waals surface area contributed by atoms with Gasteiger partial charge in [-0.3, -0.25) is 9.48 Å². The van der Waals surface area contributed by atoms with Gasteiger partial charge in [0.05, 0.1) is 13.2 Å². The van der Waals surface area contributed by atoms with Crippen molar-refractivity contribution in [3.8, 4) is 0 Å². The topological polar surface area (TPSA) is 56.6 Å². The van der Waals surface area contributed by atoms with Gasteiger partial charge < -0.3 is 14.4 Å². The molecule has 1 atom stereocenters. The van der Waals surface area contributed by atoms with Crippen LogP contribution in [0, 0.1) is 17.3 Å². The van der Waals surface area contributed by atoms with Gasteiger partial charge in [-0.2, -0.15) is 5.10 Å². The van der Waals surface area contributed by atoms with E-state index >= 15 is 0 Å². The number of ether oxygens (including phenoxy) is 2. The molecule has 3 heterocycles. The van der Waals surface area contributed by atoms with Crippen LogP contribution in [0.15, 0.2) is 12.3 Å². The zero-order valence-corrected chi connectivity index (χ0v) is 15.2. The molecule has 138 valence electrons. The summed E-state index contributed by atoms with van der Waals surface area (Å²) in [7, 11) is 1.84. The first-order valence-electron chi connectivity index (χ1n) is 9.61. The van der Waals surface area contributed by atoms with Crippen LogP contribution in [-0.2, 0) is 16.5 Å². The van der Waals surface area contributed by atoms with E-state index in [9.17, 15) is 4.79 Å². The summed E-state index contributed by atoms with van der Waals surface area (Å²) in [5.41, 5.74) is 0.831. The van der Waals surface area contributed by atoms with Crippen LogP contribution >= 0.6 is 0 Å². The molecule has 25 heavy (non-hydrogen) atoms. The molecule has 2 saturated heterocycles. The molecule has 3 aliphatic rings. The Labute approximate surface area is 149 Å². The highest BCUT2D eigenvalue weighted by Gasteiger charge is 2.44. The number of nitrogens with zero attached hydrogens (tertiary/aromatic N) is 3. The molecule has 4 rings (SSSR count). The number of amides is 1. The Morgan fingerprint density at radius 1 is 1.32 bits per heavy atom. The van der Waals surface area contributed by atoms with E-state index in [0.29, 0.717) is 11.6 Å². The van der Waals surface area contributed by atoms with Crippen LogP contribution in [0.4, 0.5) is 0 Å². The summed E-state index contributed by atoms with van der Waals surface area (Å²) in [6.07, 6.45) is 7.67. The van der Waals surface area contributed by atoms with Crippen molar-refractivity contribution in [3.63, 3.8) is 0 Å². The number of carbonyl (C=O) groups is 1. The third-order valence-electron chi connectivity index (χ3n) is 6.28. The fourth-order valence-corrected chi connectivity index (χ4v) is 4.27. The number of likely N-dealkylation sites (tertiary alicyclic amines) is 1. The van der Waals surface area contributed by atoms with Crippen LogP contribution in [0.2, 0.25) is 0 Å². The molecule has 1 unspecified atom stereocenters. The molecule has 0 N–H and O–H groups in total. The molecular formula is C19H29N3O3. The van der Waals surface area contributed by atoms with E-state index in [4.69, 9.17) is 9.47 Å². The van der Waals surface area contributed by atoms with Gasteiger partial charge in [-0.1, -0.05) is 0 Å². The van der Waals surface area contributed by atoms with Crippen LogP contribution in [0.5, 0.6) is 0 Å². The molecule has 6 heteroatoms. The fraction of sp³-hybridized carbons (Fsp3) is 0.789. The van der Waals surface area contributed by atoms with E-state index < -0.39 is 0 Å². The Morgan fingerprint density at radius 3 is 2.80 bits per heavy atom. The standard InChI is InChI=1S/C19H29N3O3/c1-21-8-4-17(20-21)18(23)22-9-5-19(6-10-22)7-11-24-13-16(19)14-25-12-15-2-3-15/h4,8,15-16H,2-3,5-7,9-14H2,1H3. The largest absolute Gasteiger partial charge is 0.381 e. The van der Waals surface area contributed by atoms with Crippen molar-refractivity contribution >= 4 is 5.91 Å². The average molecular weight is 347 g/mol. The van der Waals surface area contributed by atoms with E-state index in [2.05, 4.69) is 5.10 Å². The maximum absolute atomic E-state index is 12.6. The van der Waals surface area contributed by atoms with E-state index in [-0.39, 0.29) is 11.3 Å². The molecule has 1 saturated carbocycles. The van der Waals surface area contributed by atoms with Gasteiger partial charge in [0, 0.05) is 45.5 Å². The van der Waals surface area contributed by atoms with Crippen LogP contribution < -0.4 is 0 Å². The lowest BCUT2D eigenvalue weighted by Crippen LogP contribution is -2.50. The van der Waals surface area contributed by atoms with Gasteiger partial charge in [-0.15, -0.1) is 0 Å². The Morgan fingerprint density at radius 2 is 2.12 bits per heavy atom. The van der Waals surface area contributed by atoms with Crippen LogP contribution in [-0.4, -0.2) is 60.1 Å². The molecule has 1 amide bonds. The Kier molecular flexibility index (Phi) is 4.82. The lowest BCUT2D eigenvalue weighted by Gasteiger charge is -2.48. The molecule has 6 nitrogen and oxygen atoms in total. The second-order valence-corrected chi connectivity index (χ2v) is 8.03. The number of aryl methyl sites for hydroxylation is 1. The highest BCUT2D eigenvalue weighted by atomic mass is 16.5. The molecule has 0 radical (unpaired) electrons. The van der Waals surface area contributed by atoms with Crippen molar-refractivity contribution < 1.29 is 14.3 Å². The Hall–Kier alpha value is -1.40. The second-order valence-electron chi connectivity index (χ2n) is 8.03. The second kappa shape index (κ2) is 7.08. The van der Waals surface area contributed by atoms with Crippen LogP contribution in [0.3, 0.4) is 0 Å². The lowest BCUT2D eigenvalue weighted by atomic mass is 9.66. The minimum absolute atomic E-state index is 0.0593. The van der Waals surface area contributed by atoms with Crippen molar-refractivity contribution in [2.24, 2.45) is 24.3 Å². The van der Waals surface area contributed by atoms with E-state index in [1.54, 1.807) is 10.7 Å². The van der Waals surface area contributed by atoms with Gasteiger partial charge in [0.1, 0.15) is 5.69 Å². The Balaban J connectivity index is 1.35. The summed E-state index contributed by atoms with van der Waals surface area (Å²) in [5, 5.41) is 4.25. The Bertz CT molecular complexity index is 603. The minimum Gasteiger partial charge on any atom is -0.381 e. The molecule has 0 bridgehead atoms. The first-order chi connectivity index (χ1) is 12.2. The molecule has 1 spiro atoms. The number of hydrogen-bond donors (Lipinski definition) is 0. The van der Waals surface area contributed by atoms with Crippen molar-refractivity contribution in [1.82, 2.24) is 14.7 Å². The summed E-state index contributed by atoms with van der Waals surface area (Å²) in [6, 6.07) is 1.80. The zero-order valence-electron chi connectivity index (χ0n) is 15.2. The number of aromatic nitrogens is 2. The van der Waals surface area contributed by atoms with Crippen LogP contribution in [0.25, 0.3) is 0 Å². The molecule has 3 fully saturated rings. The van der Waals surface area contributed by atoms with Gasteiger partial charge >= 0.3 is 0 Å². The van der Waals surface area contributed by atoms with Gasteiger partial charge in [-0.25, -0.2) is 0 Å². The molecule has 0 aromatic carbocycles. The normalized spacial score (nSPS) is 26.1. The van der Waals surface area contributed by atoms with Crippen molar-refractivity contribution in [2.45, 2.75) is 32.1 Å². The zero-order chi connectivity index (χ0) is 17.3. The van der Waals surface area contributed by atoms with Gasteiger partial charge in [0.2, 0.25) is 0 Å². The van der Waals surface area contributed by atoms with Gasteiger partial charge in [0.15, 0.2) is 0 Å². The van der Waals surface area contributed by atoms with Crippen molar-refractivity contribution in [3.05, 3.63) is 18.0 Å². The van der Waals surface area contributed by atoms with Crippen molar-refractivity contribution in [2.75, 3.05) is 39.5 Å². The van der Waals surface area contributed by atoms with Crippen molar-refractivity contribution in [1.29, 1.82) is 0 Å². The molecule has 2 aliphatic heterocycles. The molecular weight excluding hydrogens is 318 g/mol. The smallest absolute Gasteiger partial charge is 0.274 e. The summed E-state index contributed by atoms with van der Waals surface area (Å²) >= 11 is 0. The third-order valence-corrected chi connectivity index (χ3v) is 6.28. The average Bonchev–Trinajstić information content (AvgIpc) is 3.35. The number of piperidine rings is 1.